The summed E-state index contributed by atoms with van der Waals surface area (Å²) < 4.78 is 21.7. The highest BCUT2D eigenvalue weighted by Gasteiger charge is 2.32. The first kappa shape index (κ1) is 18.3. The molecule has 4 unspecified atom stereocenters. The summed E-state index contributed by atoms with van der Waals surface area (Å²) in [6.45, 7) is 9.13. The molecule has 1 aromatic rings. The average Bonchev–Trinajstić information content (AvgIpc) is 3.41. The van der Waals surface area contributed by atoms with Gasteiger partial charge in [0, 0.05) is 44.3 Å². The predicted molar refractivity (Wildman–Crippen MR) is 101 cm³/mol. The van der Waals surface area contributed by atoms with Crippen LogP contribution in [0.5, 0.6) is 0 Å². The molecule has 148 valence electrons. The molecule has 0 radical (unpaired) electrons. The van der Waals surface area contributed by atoms with Gasteiger partial charge in [-0.2, -0.15) is 0 Å². The van der Waals surface area contributed by atoms with Gasteiger partial charge in [-0.05, 0) is 23.3 Å². The Hall–Kier alpha value is -0.730. The molecule has 4 saturated heterocycles. The molecule has 7 heteroatoms. The lowest BCUT2D eigenvalue weighted by Crippen LogP contribution is -2.32. The normalized spacial score (nSPS) is 30.8. The van der Waals surface area contributed by atoms with E-state index in [2.05, 4.69) is 28.0 Å². The van der Waals surface area contributed by atoms with Crippen molar-refractivity contribution in [2.75, 3.05) is 52.6 Å². The van der Waals surface area contributed by atoms with Crippen molar-refractivity contribution in [3.05, 3.63) is 34.3 Å². The molecule has 0 bridgehead atoms. The Bertz CT molecular complexity index is 579. The second-order valence-corrected chi connectivity index (χ2v) is 8.61. The van der Waals surface area contributed by atoms with E-state index in [9.17, 15) is 0 Å². The summed E-state index contributed by atoms with van der Waals surface area (Å²) in [7, 11) is 0. The van der Waals surface area contributed by atoms with E-state index in [-0.39, 0.29) is 0 Å². The summed E-state index contributed by atoms with van der Waals surface area (Å²) in [6.07, 6.45) is 1.54. The van der Waals surface area contributed by atoms with Crippen molar-refractivity contribution in [3.8, 4) is 0 Å². The third-order valence-electron chi connectivity index (χ3n) is 5.29. The van der Waals surface area contributed by atoms with E-state index in [0.29, 0.717) is 24.4 Å². The second kappa shape index (κ2) is 7.95. The van der Waals surface area contributed by atoms with Crippen molar-refractivity contribution >= 4 is 11.6 Å². The molecule has 5 rings (SSSR count). The van der Waals surface area contributed by atoms with Gasteiger partial charge in [0.25, 0.3) is 0 Å². The number of benzene rings is 1. The molecular weight excluding hydrogens is 368 g/mol. The minimum absolute atomic E-state index is 0.384. The van der Waals surface area contributed by atoms with Crippen LogP contribution in [0.3, 0.4) is 0 Å². The van der Waals surface area contributed by atoms with Gasteiger partial charge < -0.3 is 18.9 Å². The van der Waals surface area contributed by atoms with Crippen molar-refractivity contribution in [3.63, 3.8) is 0 Å². The molecule has 0 spiro atoms. The molecule has 4 aliphatic rings. The number of nitrogens with zero attached hydrogens (tertiary/aromatic N) is 2. The average molecular weight is 395 g/mol. The maximum atomic E-state index is 6.45. The van der Waals surface area contributed by atoms with Crippen molar-refractivity contribution < 1.29 is 18.9 Å². The molecule has 0 aromatic heterocycles. The number of halogens is 1. The second-order valence-electron chi connectivity index (χ2n) is 8.18. The minimum atomic E-state index is 0.384. The first-order chi connectivity index (χ1) is 13.2. The molecule has 0 amide bonds. The molecule has 6 nitrogen and oxygen atoms in total. The Balaban J connectivity index is 1.24. The zero-order chi connectivity index (χ0) is 18.2. The van der Waals surface area contributed by atoms with Crippen LogP contribution >= 0.6 is 11.6 Å². The van der Waals surface area contributed by atoms with Gasteiger partial charge in [-0.15, -0.1) is 0 Å². The molecule has 4 aliphatic heterocycles. The highest BCUT2D eigenvalue weighted by molar-refractivity contribution is 6.30. The number of ether oxygens (including phenoxy) is 4. The van der Waals surface area contributed by atoms with Gasteiger partial charge in [-0.25, -0.2) is 0 Å². The number of hydrogen-bond donors (Lipinski definition) is 0. The third kappa shape index (κ3) is 6.12. The van der Waals surface area contributed by atoms with Crippen LogP contribution in [0.25, 0.3) is 0 Å². The summed E-state index contributed by atoms with van der Waals surface area (Å²) >= 11 is 6.45. The monoisotopic (exact) mass is 394 g/mol. The fraction of sp³-hybridized carbons (Fsp3) is 0.700. The highest BCUT2D eigenvalue weighted by atomic mass is 35.5. The molecule has 1 aromatic carbocycles. The summed E-state index contributed by atoms with van der Waals surface area (Å²) in [5.41, 5.74) is 2.51. The molecular formula is C20H27ClN2O4. The van der Waals surface area contributed by atoms with Crippen LogP contribution in [0.1, 0.15) is 11.1 Å². The van der Waals surface area contributed by atoms with E-state index in [0.717, 1.165) is 70.7 Å². The van der Waals surface area contributed by atoms with Gasteiger partial charge in [0.2, 0.25) is 0 Å². The van der Waals surface area contributed by atoms with Crippen LogP contribution in [0.2, 0.25) is 5.02 Å². The quantitative estimate of drug-likeness (QED) is 0.501. The lowest BCUT2D eigenvalue weighted by Gasteiger charge is -2.23. The number of hydrogen-bond acceptors (Lipinski definition) is 6. The Morgan fingerprint density at radius 1 is 0.667 bits per heavy atom. The zero-order valence-electron chi connectivity index (χ0n) is 15.5. The summed E-state index contributed by atoms with van der Waals surface area (Å²) in [5.74, 6) is 0. The van der Waals surface area contributed by atoms with Crippen LogP contribution in [0.4, 0.5) is 0 Å². The lowest BCUT2D eigenvalue weighted by molar-refractivity contribution is 0.210. The first-order valence-electron chi connectivity index (χ1n) is 9.89. The van der Waals surface area contributed by atoms with Crippen molar-refractivity contribution in [2.24, 2.45) is 0 Å². The standard InChI is InChI=1S/C20H27ClN2O4/c21-16-2-14(4-22(6-17-10-24-17)7-18-11-25-18)1-15(3-16)5-23(8-19-12-26-19)9-20-13-27-20/h1-3,17-20H,4-13H2. The topological polar surface area (TPSA) is 56.6 Å². The van der Waals surface area contributed by atoms with Gasteiger partial charge in [-0.3, -0.25) is 9.80 Å². The molecule has 4 fully saturated rings. The van der Waals surface area contributed by atoms with Gasteiger partial charge in [-0.1, -0.05) is 17.7 Å². The lowest BCUT2D eigenvalue weighted by atomic mass is 10.1. The Labute approximate surface area is 165 Å². The molecule has 4 atom stereocenters. The van der Waals surface area contributed by atoms with Gasteiger partial charge in [0.1, 0.15) is 0 Å². The van der Waals surface area contributed by atoms with Crippen molar-refractivity contribution in [1.82, 2.24) is 9.80 Å². The number of epoxide rings is 4. The SMILES string of the molecule is Clc1cc(CN(CC2CO2)CC2CO2)cc(CN(CC2CO2)CC2CO2)c1. The fourth-order valence-corrected chi connectivity index (χ4v) is 3.95. The highest BCUT2D eigenvalue weighted by Crippen LogP contribution is 2.23. The zero-order valence-corrected chi connectivity index (χ0v) is 16.3. The maximum Gasteiger partial charge on any atom is 0.0936 e. The minimum Gasteiger partial charge on any atom is -0.372 e. The van der Waals surface area contributed by atoms with E-state index >= 15 is 0 Å². The summed E-state index contributed by atoms with van der Waals surface area (Å²) in [6, 6.07) is 6.45. The van der Waals surface area contributed by atoms with Crippen LogP contribution in [0, 0.1) is 0 Å². The van der Waals surface area contributed by atoms with Crippen molar-refractivity contribution in [1.29, 1.82) is 0 Å². The van der Waals surface area contributed by atoms with E-state index in [1.54, 1.807) is 0 Å². The van der Waals surface area contributed by atoms with Crippen LogP contribution in [-0.4, -0.2) is 86.8 Å². The van der Waals surface area contributed by atoms with Crippen molar-refractivity contribution in [2.45, 2.75) is 37.5 Å². The van der Waals surface area contributed by atoms with E-state index in [1.807, 2.05) is 0 Å². The van der Waals surface area contributed by atoms with Crippen LogP contribution < -0.4 is 0 Å². The largest absolute Gasteiger partial charge is 0.372 e. The van der Waals surface area contributed by atoms with Gasteiger partial charge in [0.05, 0.1) is 50.8 Å². The molecule has 4 heterocycles. The molecule has 0 N–H and O–H groups in total. The first-order valence-corrected chi connectivity index (χ1v) is 10.3. The molecule has 27 heavy (non-hydrogen) atoms. The van der Waals surface area contributed by atoms with Crippen LogP contribution in [0.15, 0.2) is 18.2 Å². The van der Waals surface area contributed by atoms with E-state index < -0.39 is 0 Å². The molecule has 0 aliphatic carbocycles. The maximum absolute atomic E-state index is 6.45. The van der Waals surface area contributed by atoms with E-state index in [1.165, 1.54) is 11.1 Å². The predicted octanol–water partition coefficient (Wildman–Crippen LogP) is 1.54. The van der Waals surface area contributed by atoms with Gasteiger partial charge >= 0.3 is 0 Å². The van der Waals surface area contributed by atoms with Crippen LogP contribution in [-0.2, 0) is 32.0 Å². The third-order valence-corrected chi connectivity index (χ3v) is 5.50. The Morgan fingerprint density at radius 2 is 1.00 bits per heavy atom. The molecule has 0 saturated carbocycles. The Morgan fingerprint density at radius 3 is 1.30 bits per heavy atom. The Kier molecular flexibility index (Phi) is 5.39. The smallest absolute Gasteiger partial charge is 0.0936 e. The summed E-state index contributed by atoms with van der Waals surface area (Å²) in [5, 5.41) is 0.804. The van der Waals surface area contributed by atoms with E-state index in [4.69, 9.17) is 30.5 Å². The summed E-state index contributed by atoms with van der Waals surface area (Å²) in [4.78, 5) is 4.86. The van der Waals surface area contributed by atoms with Gasteiger partial charge in [0.15, 0.2) is 0 Å². The fourth-order valence-electron chi connectivity index (χ4n) is 3.67. The number of rotatable bonds is 12.